The Balaban J connectivity index is 1.57. The molecule has 0 fully saturated rings. The fourth-order valence-corrected chi connectivity index (χ4v) is 2.43. The van der Waals surface area contributed by atoms with Crippen LogP contribution in [0.4, 0.5) is 5.69 Å². The van der Waals surface area contributed by atoms with Gasteiger partial charge in [0.15, 0.2) is 0 Å². The maximum Gasteiger partial charge on any atom is 0.271 e. The van der Waals surface area contributed by atoms with Crippen molar-refractivity contribution in [2.45, 2.75) is 6.61 Å². The number of nitrogens with zero attached hydrogens (tertiary/aromatic N) is 2. The van der Waals surface area contributed by atoms with E-state index in [2.05, 4.69) is 10.5 Å². The Hall–Kier alpha value is -4.20. The molecule has 0 radical (unpaired) electrons. The molecule has 0 heterocycles. The molecular formula is C21H17N3O5. The van der Waals surface area contributed by atoms with Crippen molar-refractivity contribution in [3.05, 3.63) is 99.6 Å². The van der Waals surface area contributed by atoms with Crippen molar-refractivity contribution < 1.29 is 19.6 Å². The molecule has 0 unspecified atom stereocenters. The van der Waals surface area contributed by atoms with Gasteiger partial charge in [-0.05, 0) is 35.9 Å². The fraction of sp³-hybridized carbons (Fsp3) is 0.0476. The number of rotatable bonds is 7. The van der Waals surface area contributed by atoms with Gasteiger partial charge in [-0.1, -0.05) is 30.3 Å². The largest absolute Gasteiger partial charge is 0.507 e. The summed E-state index contributed by atoms with van der Waals surface area (Å²) < 4.78 is 5.67. The topological polar surface area (TPSA) is 114 Å². The highest BCUT2D eigenvalue weighted by molar-refractivity contribution is 5.95. The van der Waals surface area contributed by atoms with E-state index >= 15 is 0 Å². The van der Waals surface area contributed by atoms with Crippen molar-refractivity contribution in [3.8, 4) is 11.5 Å². The minimum atomic E-state index is -0.587. The summed E-state index contributed by atoms with van der Waals surface area (Å²) in [5.41, 5.74) is 3.63. The average molecular weight is 391 g/mol. The molecule has 0 spiro atoms. The first kappa shape index (κ1) is 19.6. The molecule has 146 valence electrons. The summed E-state index contributed by atoms with van der Waals surface area (Å²) in [6.07, 6.45) is 1.14. The van der Waals surface area contributed by atoms with Gasteiger partial charge in [0.05, 0.1) is 11.1 Å². The van der Waals surface area contributed by atoms with Gasteiger partial charge in [0.2, 0.25) is 0 Å². The van der Waals surface area contributed by atoms with Gasteiger partial charge in [-0.15, -0.1) is 0 Å². The lowest BCUT2D eigenvalue weighted by molar-refractivity contribution is -0.384. The van der Waals surface area contributed by atoms with Gasteiger partial charge in [0.1, 0.15) is 18.1 Å². The summed E-state index contributed by atoms with van der Waals surface area (Å²) in [7, 11) is 0. The highest BCUT2D eigenvalue weighted by Crippen LogP contribution is 2.21. The second-order valence-corrected chi connectivity index (χ2v) is 6.00. The molecule has 0 aromatic heterocycles. The minimum Gasteiger partial charge on any atom is -0.507 e. The summed E-state index contributed by atoms with van der Waals surface area (Å²) in [5, 5.41) is 24.2. The predicted octanol–water partition coefficient (Wildman–Crippen LogP) is 3.64. The Morgan fingerprint density at radius 3 is 2.52 bits per heavy atom. The van der Waals surface area contributed by atoms with Crippen molar-refractivity contribution in [1.29, 1.82) is 0 Å². The third-order valence-corrected chi connectivity index (χ3v) is 3.96. The molecule has 3 rings (SSSR count). The first-order valence-electron chi connectivity index (χ1n) is 8.60. The smallest absolute Gasteiger partial charge is 0.271 e. The van der Waals surface area contributed by atoms with E-state index in [-0.39, 0.29) is 17.0 Å². The Morgan fingerprint density at radius 1 is 1.10 bits per heavy atom. The average Bonchev–Trinajstić information content (AvgIpc) is 2.74. The monoisotopic (exact) mass is 391 g/mol. The van der Waals surface area contributed by atoms with Crippen LogP contribution in [0.5, 0.6) is 11.5 Å². The van der Waals surface area contributed by atoms with Crippen molar-refractivity contribution in [3.63, 3.8) is 0 Å². The standard InChI is InChI=1S/C21H17N3O5/c25-20-11-8-18(24(27)28)12-17(20)13-22-23-21(26)16-6-9-19(10-7-16)29-14-15-4-2-1-3-5-15/h1-13,25H,14H2,(H,23,26). The summed E-state index contributed by atoms with van der Waals surface area (Å²) in [6, 6.07) is 19.8. The maximum atomic E-state index is 12.1. The lowest BCUT2D eigenvalue weighted by atomic mass is 10.2. The summed E-state index contributed by atoms with van der Waals surface area (Å²) in [4.78, 5) is 22.3. The van der Waals surface area contributed by atoms with E-state index in [0.717, 1.165) is 17.8 Å². The maximum absolute atomic E-state index is 12.1. The Kier molecular flexibility index (Phi) is 6.16. The number of ether oxygens (including phenoxy) is 1. The summed E-state index contributed by atoms with van der Waals surface area (Å²) >= 11 is 0. The molecule has 0 saturated carbocycles. The Bertz CT molecular complexity index is 1030. The predicted molar refractivity (Wildman–Crippen MR) is 107 cm³/mol. The number of hydrogen-bond donors (Lipinski definition) is 2. The van der Waals surface area contributed by atoms with Crippen LogP contribution >= 0.6 is 0 Å². The zero-order chi connectivity index (χ0) is 20.6. The second-order valence-electron chi connectivity index (χ2n) is 6.00. The molecule has 0 aliphatic rings. The minimum absolute atomic E-state index is 0.115. The van der Waals surface area contributed by atoms with Crippen LogP contribution in [0, 0.1) is 10.1 Å². The van der Waals surface area contributed by atoms with Crippen LogP contribution in [-0.2, 0) is 6.61 Å². The molecule has 2 N–H and O–H groups in total. The van der Waals surface area contributed by atoms with Crippen molar-refractivity contribution >= 4 is 17.8 Å². The third-order valence-electron chi connectivity index (χ3n) is 3.96. The van der Waals surface area contributed by atoms with Gasteiger partial charge in [0.25, 0.3) is 11.6 Å². The number of hydrazone groups is 1. The number of nitro groups is 1. The molecule has 0 bridgehead atoms. The zero-order valence-electron chi connectivity index (χ0n) is 15.2. The van der Waals surface area contributed by atoms with Crippen LogP contribution in [0.15, 0.2) is 77.9 Å². The lowest BCUT2D eigenvalue weighted by Crippen LogP contribution is -2.17. The van der Waals surface area contributed by atoms with E-state index in [1.807, 2.05) is 30.3 Å². The van der Waals surface area contributed by atoms with Crippen LogP contribution in [0.3, 0.4) is 0 Å². The highest BCUT2D eigenvalue weighted by Gasteiger charge is 2.09. The Morgan fingerprint density at radius 2 is 1.83 bits per heavy atom. The normalized spacial score (nSPS) is 10.6. The number of benzene rings is 3. The van der Waals surface area contributed by atoms with E-state index in [1.165, 1.54) is 12.1 Å². The van der Waals surface area contributed by atoms with E-state index in [4.69, 9.17) is 4.74 Å². The van der Waals surface area contributed by atoms with E-state index in [1.54, 1.807) is 24.3 Å². The first-order valence-corrected chi connectivity index (χ1v) is 8.60. The van der Waals surface area contributed by atoms with Gasteiger partial charge in [-0.3, -0.25) is 14.9 Å². The number of phenolic OH excluding ortho intramolecular Hbond substituents is 1. The van der Waals surface area contributed by atoms with Gasteiger partial charge in [0, 0.05) is 23.3 Å². The van der Waals surface area contributed by atoms with Crippen LogP contribution in [0.2, 0.25) is 0 Å². The van der Waals surface area contributed by atoms with Crippen molar-refractivity contribution in [1.82, 2.24) is 5.43 Å². The van der Waals surface area contributed by atoms with E-state index in [0.29, 0.717) is 17.9 Å². The van der Waals surface area contributed by atoms with Crippen LogP contribution < -0.4 is 10.2 Å². The molecular weight excluding hydrogens is 374 g/mol. The molecule has 1 amide bonds. The molecule has 8 nitrogen and oxygen atoms in total. The van der Waals surface area contributed by atoms with Crippen molar-refractivity contribution in [2.75, 3.05) is 0 Å². The van der Waals surface area contributed by atoms with Crippen molar-refractivity contribution in [2.24, 2.45) is 5.10 Å². The zero-order valence-corrected chi connectivity index (χ0v) is 15.2. The fourth-order valence-electron chi connectivity index (χ4n) is 2.43. The second kappa shape index (κ2) is 9.14. The molecule has 3 aromatic carbocycles. The lowest BCUT2D eigenvalue weighted by Gasteiger charge is -2.07. The SMILES string of the molecule is O=C(NN=Cc1cc([N+](=O)[O-])ccc1O)c1ccc(OCc2ccccc2)cc1. The van der Waals surface area contributed by atoms with Crippen LogP contribution in [-0.4, -0.2) is 22.2 Å². The number of amides is 1. The number of aromatic hydroxyl groups is 1. The number of non-ortho nitro benzene ring substituents is 1. The molecule has 29 heavy (non-hydrogen) atoms. The molecule has 0 aliphatic carbocycles. The van der Waals surface area contributed by atoms with Gasteiger partial charge < -0.3 is 9.84 Å². The number of hydrogen-bond acceptors (Lipinski definition) is 6. The first-order chi connectivity index (χ1) is 14.0. The number of phenols is 1. The number of nitrogens with one attached hydrogen (secondary N) is 1. The summed E-state index contributed by atoms with van der Waals surface area (Å²) in [6.45, 7) is 0.420. The highest BCUT2D eigenvalue weighted by atomic mass is 16.6. The van der Waals surface area contributed by atoms with Crippen LogP contribution in [0.25, 0.3) is 0 Å². The quantitative estimate of drug-likeness (QED) is 0.363. The summed E-state index contributed by atoms with van der Waals surface area (Å²) in [5.74, 6) is -0.0373. The molecule has 3 aromatic rings. The molecule has 0 saturated heterocycles. The van der Waals surface area contributed by atoms with Crippen LogP contribution in [0.1, 0.15) is 21.5 Å². The number of carbonyl (C=O) groups excluding carboxylic acids is 1. The van der Waals surface area contributed by atoms with E-state index < -0.39 is 10.8 Å². The third kappa shape index (κ3) is 5.39. The van der Waals surface area contributed by atoms with E-state index in [9.17, 15) is 20.0 Å². The van der Waals surface area contributed by atoms with Gasteiger partial charge in [-0.25, -0.2) is 5.43 Å². The number of carbonyl (C=O) groups is 1. The number of nitro benzene ring substituents is 1. The van der Waals surface area contributed by atoms with Gasteiger partial charge in [-0.2, -0.15) is 5.10 Å². The molecule has 0 atom stereocenters. The molecule has 8 heteroatoms. The molecule has 0 aliphatic heterocycles. The van der Waals surface area contributed by atoms with Gasteiger partial charge >= 0.3 is 0 Å². The Labute approximate surface area is 166 Å².